The van der Waals surface area contributed by atoms with Crippen molar-refractivity contribution in [3.05, 3.63) is 23.7 Å². The molecule has 2 fully saturated rings. The Balaban J connectivity index is 1.39. The molecule has 0 radical (unpaired) electrons. The third-order valence-electron chi connectivity index (χ3n) is 5.03. The summed E-state index contributed by atoms with van der Waals surface area (Å²) in [6.07, 6.45) is 4.55. The van der Waals surface area contributed by atoms with E-state index in [-0.39, 0.29) is 0 Å². The van der Waals surface area contributed by atoms with Gasteiger partial charge in [-0.2, -0.15) is 0 Å². The van der Waals surface area contributed by atoms with Crippen LogP contribution in [0.15, 0.2) is 28.3 Å². The highest BCUT2D eigenvalue weighted by molar-refractivity contribution is 7.13. The van der Waals surface area contributed by atoms with E-state index in [1.54, 1.807) is 11.3 Å². The number of likely N-dealkylation sites (tertiary alicyclic amines) is 1. The van der Waals surface area contributed by atoms with Gasteiger partial charge in [0.25, 0.3) is 0 Å². The number of aromatic nitrogens is 3. The van der Waals surface area contributed by atoms with Crippen molar-refractivity contribution in [1.29, 1.82) is 0 Å². The van der Waals surface area contributed by atoms with Gasteiger partial charge in [0.2, 0.25) is 0 Å². The lowest BCUT2D eigenvalue weighted by Crippen LogP contribution is -2.51. The first kappa shape index (κ1) is 14.4. The van der Waals surface area contributed by atoms with Gasteiger partial charge in [0, 0.05) is 42.7 Å². The standard InChI is InChI=1S/C17H19N5OS/c1-2-5-21(4-1)9-12-10-22(11-12)15-8-13(17-18-3-6-24-17)7-14-16(15)20-23-19-14/h3,6-8,12H,1-2,4-5,9-11H2. The maximum absolute atomic E-state index is 4.98. The lowest BCUT2D eigenvalue weighted by atomic mass is 9.97. The van der Waals surface area contributed by atoms with Crippen LogP contribution in [-0.2, 0) is 0 Å². The molecule has 1 aromatic carbocycles. The van der Waals surface area contributed by atoms with Gasteiger partial charge in [-0.15, -0.1) is 11.3 Å². The summed E-state index contributed by atoms with van der Waals surface area (Å²) in [5.41, 5.74) is 3.87. The van der Waals surface area contributed by atoms with Crippen LogP contribution in [0.1, 0.15) is 12.8 Å². The second-order valence-electron chi connectivity index (χ2n) is 6.74. The van der Waals surface area contributed by atoms with Gasteiger partial charge in [0.05, 0.1) is 5.69 Å². The predicted octanol–water partition coefficient (Wildman–Crippen LogP) is 2.88. The molecule has 2 aromatic heterocycles. The third-order valence-corrected chi connectivity index (χ3v) is 5.86. The molecule has 3 aromatic rings. The molecule has 0 bridgehead atoms. The van der Waals surface area contributed by atoms with Crippen molar-refractivity contribution in [2.75, 3.05) is 37.6 Å². The second kappa shape index (κ2) is 5.82. The molecule has 0 atom stereocenters. The fourth-order valence-corrected chi connectivity index (χ4v) is 4.44. The van der Waals surface area contributed by atoms with Crippen LogP contribution < -0.4 is 4.90 Å². The van der Waals surface area contributed by atoms with E-state index in [0.29, 0.717) is 0 Å². The summed E-state index contributed by atoms with van der Waals surface area (Å²) in [6.45, 7) is 5.93. The van der Waals surface area contributed by atoms with E-state index in [9.17, 15) is 0 Å². The molecule has 6 nitrogen and oxygen atoms in total. The number of benzene rings is 1. The topological polar surface area (TPSA) is 58.3 Å². The first-order valence-electron chi connectivity index (χ1n) is 8.50. The van der Waals surface area contributed by atoms with E-state index < -0.39 is 0 Å². The Morgan fingerprint density at radius 1 is 1.17 bits per heavy atom. The molecule has 2 aliphatic rings. The van der Waals surface area contributed by atoms with Crippen LogP contribution in [0.25, 0.3) is 21.6 Å². The Bertz CT molecular complexity index is 834. The van der Waals surface area contributed by atoms with E-state index in [4.69, 9.17) is 4.63 Å². The van der Waals surface area contributed by atoms with Gasteiger partial charge in [-0.05, 0) is 48.4 Å². The van der Waals surface area contributed by atoms with Crippen molar-refractivity contribution in [2.24, 2.45) is 5.92 Å². The number of fused-ring (bicyclic) bond motifs is 1. The number of nitrogens with zero attached hydrogens (tertiary/aromatic N) is 5. The normalized spacial score (nSPS) is 19.2. The summed E-state index contributed by atoms with van der Waals surface area (Å²) in [4.78, 5) is 9.41. The summed E-state index contributed by atoms with van der Waals surface area (Å²) in [7, 11) is 0. The van der Waals surface area contributed by atoms with Crippen LogP contribution in [0.2, 0.25) is 0 Å². The Morgan fingerprint density at radius 2 is 2.04 bits per heavy atom. The maximum atomic E-state index is 4.98. The van der Waals surface area contributed by atoms with Crippen LogP contribution in [0.4, 0.5) is 5.69 Å². The molecule has 4 heterocycles. The molecule has 24 heavy (non-hydrogen) atoms. The minimum absolute atomic E-state index is 0.751. The highest BCUT2D eigenvalue weighted by Gasteiger charge is 2.31. The third kappa shape index (κ3) is 2.48. The molecular weight excluding hydrogens is 322 g/mol. The highest BCUT2D eigenvalue weighted by atomic mass is 32.1. The fourth-order valence-electron chi connectivity index (χ4n) is 3.82. The average Bonchev–Trinajstić information content (AvgIpc) is 3.31. The van der Waals surface area contributed by atoms with Crippen molar-refractivity contribution < 1.29 is 4.63 Å². The molecule has 5 rings (SSSR count). The van der Waals surface area contributed by atoms with Gasteiger partial charge in [-0.25, -0.2) is 9.61 Å². The van der Waals surface area contributed by atoms with Gasteiger partial charge in [-0.3, -0.25) is 0 Å². The minimum atomic E-state index is 0.751. The van der Waals surface area contributed by atoms with Gasteiger partial charge in [0.15, 0.2) is 5.52 Å². The van der Waals surface area contributed by atoms with E-state index in [1.807, 2.05) is 17.6 Å². The zero-order valence-corrected chi connectivity index (χ0v) is 14.2. The smallest absolute Gasteiger partial charge is 0.158 e. The number of thiazole rings is 1. The van der Waals surface area contributed by atoms with Crippen LogP contribution in [-0.4, -0.2) is 52.9 Å². The Kier molecular flexibility index (Phi) is 3.48. The molecule has 0 spiro atoms. The monoisotopic (exact) mass is 341 g/mol. The lowest BCUT2D eigenvalue weighted by Gasteiger charge is -2.42. The van der Waals surface area contributed by atoms with E-state index in [1.165, 1.54) is 32.5 Å². The molecule has 124 valence electrons. The largest absolute Gasteiger partial charge is 0.369 e. The molecule has 0 saturated carbocycles. The van der Waals surface area contributed by atoms with E-state index in [2.05, 4.69) is 31.2 Å². The van der Waals surface area contributed by atoms with Gasteiger partial charge in [-0.1, -0.05) is 0 Å². The van der Waals surface area contributed by atoms with E-state index >= 15 is 0 Å². The maximum Gasteiger partial charge on any atom is 0.158 e. The Labute approximate surface area is 144 Å². The SMILES string of the molecule is c1csc(-c2cc(N3CC(CN4CCCC4)C3)c3nonc3c2)n1. The Hall–Kier alpha value is -1.99. The van der Waals surface area contributed by atoms with Crippen LogP contribution in [0.3, 0.4) is 0 Å². The molecule has 0 unspecified atom stereocenters. The fraction of sp³-hybridized carbons (Fsp3) is 0.471. The van der Waals surface area contributed by atoms with Crippen LogP contribution >= 0.6 is 11.3 Å². The summed E-state index contributed by atoms with van der Waals surface area (Å²) < 4.78 is 4.98. The van der Waals surface area contributed by atoms with Gasteiger partial charge in [0.1, 0.15) is 10.5 Å². The first-order valence-corrected chi connectivity index (χ1v) is 9.38. The highest BCUT2D eigenvalue weighted by Crippen LogP contribution is 2.35. The summed E-state index contributed by atoms with van der Waals surface area (Å²) in [5.74, 6) is 0.751. The summed E-state index contributed by atoms with van der Waals surface area (Å²) in [6, 6.07) is 4.19. The number of anilines is 1. The molecule has 2 saturated heterocycles. The second-order valence-corrected chi connectivity index (χ2v) is 7.64. The van der Waals surface area contributed by atoms with Crippen molar-refractivity contribution in [3.63, 3.8) is 0 Å². The quantitative estimate of drug-likeness (QED) is 0.727. The summed E-state index contributed by atoms with van der Waals surface area (Å²) in [5, 5.41) is 11.2. The van der Waals surface area contributed by atoms with Crippen LogP contribution in [0, 0.1) is 5.92 Å². The molecule has 2 aliphatic heterocycles. The van der Waals surface area contributed by atoms with Crippen molar-refractivity contribution in [2.45, 2.75) is 12.8 Å². The predicted molar refractivity (Wildman–Crippen MR) is 94.3 cm³/mol. The van der Waals surface area contributed by atoms with Crippen LogP contribution in [0.5, 0.6) is 0 Å². The zero-order valence-electron chi connectivity index (χ0n) is 13.4. The van der Waals surface area contributed by atoms with Gasteiger partial charge < -0.3 is 9.80 Å². The lowest BCUT2D eigenvalue weighted by molar-refractivity contribution is 0.247. The van der Waals surface area contributed by atoms with Crippen molar-refractivity contribution in [3.8, 4) is 10.6 Å². The van der Waals surface area contributed by atoms with Crippen molar-refractivity contribution >= 4 is 28.1 Å². The molecule has 0 aliphatic carbocycles. The first-order chi connectivity index (χ1) is 11.9. The minimum Gasteiger partial charge on any atom is -0.369 e. The molecule has 7 heteroatoms. The zero-order chi connectivity index (χ0) is 15.9. The number of rotatable bonds is 4. The molecule has 0 N–H and O–H groups in total. The Morgan fingerprint density at radius 3 is 2.83 bits per heavy atom. The number of hydrogen-bond acceptors (Lipinski definition) is 7. The average molecular weight is 341 g/mol. The summed E-state index contributed by atoms with van der Waals surface area (Å²) >= 11 is 1.64. The number of hydrogen-bond donors (Lipinski definition) is 0. The van der Waals surface area contributed by atoms with E-state index in [0.717, 1.165) is 46.3 Å². The molecule has 0 amide bonds. The van der Waals surface area contributed by atoms with Crippen molar-refractivity contribution in [1.82, 2.24) is 20.2 Å². The molecular formula is C17H19N5OS. The van der Waals surface area contributed by atoms with Gasteiger partial charge >= 0.3 is 0 Å².